The maximum Gasteiger partial charge on any atom is 0.189 e. The summed E-state index contributed by atoms with van der Waals surface area (Å²) in [4.78, 5) is 0. The number of para-hydroxylation sites is 1. The smallest absolute Gasteiger partial charge is 0.189 e. The van der Waals surface area contributed by atoms with Crippen LogP contribution < -0.4 is 4.74 Å². The summed E-state index contributed by atoms with van der Waals surface area (Å²) in [6.07, 6.45) is 0. The second kappa shape index (κ2) is 6.61. The molecular formula is C12H19IO2Si. The van der Waals surface area contributed by atoms with Gasteiger partial charge in [0, 0.05) is 14.7 Å². The van der Waals surface area contributed by atoms with E-state index < -0.39 is 8.07 Å². The minimum absolute atomic E-state index is 0.352. The number of ether oxygens (including phenoxy) is 2. The van der Waals surface area contributed by atoms with Gasteiger partial charge in [-0.05, 0) is 40.8 Å². The monoisotopic (exact) mass is 350 g/mol. The lowest BCUT2D eigenvalue weighted by Crippen LogP contribution is -2.22. The van der Waals surface area contributed by atoms with E-state index in [-0.39, 0.29) is 0 Å². The molecule has 90 valence electrons. The van der Waals surface area contributed by atoms with Crippen molar-refractivity contribution in [1.82, 2.24) is 0 Å². The molecule has 0 aromatic heterocycles. The lowest BCUT2D eigenvalue weighted by molar-refractivity contribution is 0.0215. The molecule has 0 bridgehead atoms. The van der Waals surface area contributed by atoms with Gasteiger partial charge in [-0.2, -0.15) is 0 Å². The van der Waals surface area contributed by atoms with Gasteiger partial charge in [0.05, 0.1) is 3.57 Å². The second-order valence-corrected chi connectivity index (χ2v) is 11.7. The molecule has 4 heteroatoms. The molecule has 0 aliphatic rings. The summed E-state index contributed by atoms with van der Waals surface area (Å²) < 4.78 is 12.1. The number of halogens is 1. The highest BCUT2D eigenvalue weighted by Crippen LogP contribution is 2.19. The highest BCUT2D eigenvalue weighted by atomic mass is 127. The molecule has 0 saturated carbocycles. The largest absolute Gasteiger partial charge is 0.466 e. The Morgan fingerprint density at radius 3 is 2.50 bits per heavy atom. The van der Waals surface area contributed by atoms with E-state index in [4.69, 9.17) is 9.47 Å². The molecule has 0 amide bonds. The first-order valence-corrected chi connectivity index (χ1v) is 10.2. The Kier molecular flexibility index (Phi) is 5.78. The van der Waals surface area contributed by atoms with E-state index in [1.807, 2.05) is 24.3 Å². The predicted molar refractivity (Wildman–Crippen MR) is 78.8 cm³/mol. The second-order valence-electron chi connectivity index (χ2n) is 4.91. The standard InChI is InChI=1S/C12H19IO2Si/c1-16(2,3)9-8-14-10-15-12-7-5-4-6-11(12)13/h4-7H,8-10H2,1-3H3. The Morgan fingerprint density at radius 2 is 1.88 bits per heavy atom. The van der Waals surface area contributed by atoms with Gasteiger partial charge in [0.1, 0.15) is 5.75 Å². The third-order valence-corrected chi connectivity index (χ3v) is 4.73. The number of benzene rings is 1. The highest BCUT2D eigenvalue weighted by Gasteiger charge is 2.11. The van der Waals surface area contributed by atoms with E-state index in [2.05, 4.69) is 42.2 Å². The third kappa shape index (κ3) is 5.86. The zero-order valence-electron chi connectivity index (χ0n) is 10.1. The molecule has 1 rings (SSSR count). The third-order valence-electron chi connectivity index (χ3n) is 2.13. The molecule has 0 aliphatic heterocycles. The summed E-state index contributed by atoms with van der Waals surface area (Å²) in [5.41, 5.74) is 0. The van der Waals surface area contributed by atoms with Crippen molar-refractivity contribution in [3.8, 4) is 5.75 Å². The molecule has 16 heavy (non-hydrogen) atoms. The van der Waals surface area contributed by atoms with Crippen LogP contribution in [0.3, 0.4) is 0 Å². The molecule has 0 atom stereocenters. The highest BCUT2D eigenvalue weighted by molar-refractivity contribution is 14.1. The first-order valence-electron chi connectivity index (χ1n) is 5.44. The first-order chi connectivity index (χ1) is 7.49. The topological polar surface area (TPSA) is 18.5 Å². The molecule has 1 aromatic rings. The van der Waals surface area contributed by atoms with Crippen molar-refractivity contribution < 1.29 is 9.47 Å². The fourth-order valence-corrected chi connectivity index (χ4v) is 2.40. The van der Waals surface area contributed by atoms with Gasteiger partial charge in [-0.3, -0.25) is 0 Å². The number of hydrogen-bond acceptors (Lipinski definition) is 2. The SMILES string of the molecule is C[Si](C)(C)CCOCOc1ccccc1I. The number of rotatable bonds is 6. The summed E-state index contributed by atoms with van der Waals surface area (Å²) in [6, 6.07) is 9.14. The van der Waals surface area contributed by atoms with Crippen LogP contribution in [0.1, 0.15) is 0 Å². The Morgan fingerprint density at radius 1 is 1.19 bits per heavy atom. The van der Waals surface area contributed by atoms with Crippen LogP contribution >= 0.6 is 22.6 Å². The maximum absolute atomic E-state index is 5.54. The fraction of sp³-hybridized carbons (Fsp3) is 0.500. The van der Waals surface area contributed by atoms with Crippen LogP contribution in [-0.4, -0.2) is 21.5 Å². The minimum Gasteiger partial charge on any atom is -0.466 e. The fourth-order valence-electron chi connectivity index (χ4n) is 1.10. The van der Waals surface area contributed by atoms with Gasteiger partial charge in [-0.15, -0.1) is 0 Å². The van der Waals surface area contributed by atoms with Gasteiger partial charge in [-0.25, -0.2) is 0 Å². The van der Waals surface area contributed by atoms with E-state index >= 15 is 0 Å². The lowest BCUT2D eigenvalue weighted by Gasteiger charge is -2.15. The molecule has 0 aliphatic carbocycles. The van der Waals surface area contributed by atoms with Crippen molar-refractivity contribution in [2.24, 2.45) is 0 Å². The van der Waals surface area contributed by atoms with Crippen molar-refractivity contribution in [3.05, 3.63) is 27.8 Å². The van der Waals surface area contributed by atoms with Crippen LogP contribution in [0.15, 0.2) is 24.3 Å². The minimum atomic E-state index is -0.979. The molecule has 0 radical (unpaired) electrons. The molecule has 0 N–H and O–H groups in total. The normalized spacial score (nSPS) is 11.5. The Labute approximate surface area is 112 Å². The quantitative estimate of drug-likeness (QED) is 0.334. The van der Waals surface area contributed by atoms with Crippen molar-refractivity contribution in [2.45, 2.75) is 25.7 Å². The summed E-state index contributed by atoms with van der Waals surface area (Å²) in [7, 11) is -0.979. The first kappa shape index (κ1) is 14.0. The average molecular weight is 350 g/mol. The summed E-state index contributed by atoms with van der Waals surface area (Å²) in [5, 5.41) is 0. The van der Waals surface area contributed by atoms with Gasteiger partial charge in [-0.1, -0.05) is 31.8 Å². The molecule has 0 unspecified atom stereocenters. The van der Waals surface area contributed by atoms with E-state index in [9.17, 15) is 0 Å². The predicted octanol–water partition coefficient (Wildman–Crippen LogP) is 3.98. The molecule has 0 spiro atoms. The zero-order valence-corrected chi connectivity index (χ0v) is 13.3. The van der Waals surface area contributed by atoms with Crippen LogP contribution in [0.5, 0.6) is 5.75 Å². The van der Waals surface area contributed by atoms with Crippen molar-refractivity contribution in [1.29, 1.82) is 0 Å². The van der Waals surface area contributed by atoms with E-state index in [0.29, 0.717) is 6.79 Å². The van der Waals surface area contributed by atoms with Gasteiger partial charge >= 0.3 is 0 Å². The van der Waals surface area contributed by atoms with E-state index in [1.165, 1.54) is 6.04 Å². The van der Waals surface area contributed by atoms with Crippen LogP contribution in [0, 0.1) is 3.57 Å². The van der Waals surface area contributed by atoms with Crippen molar-refractivity contribution in [3.63, 3.8) is 0 Å². The zero-order chi connectivity index (χ0) is 12.0. The van der Waals surface area contributed by atoms with Gasteiger partial charge < -0.3 is 9.47 Å². The van der Waals surface area contributed by atoms with Crippen LogP contribution in [0.2, 0.25) is 25.7 Å². The molecule has 0 saturated heterocycles. The van der Waals surface area contributed by atoms with E-state index in [0.717, 1.165) is 15.9 Å². The van der Waals surface area contributed by atoms with Crippen LogP contribution in [-0.2, 0) is 4.74 Å². The Hall–Kier alpha value is -0.0731. The molecule has 0 fully saturated rings. The molecule has 2 nitrogen and oxygen atoms in total. The molecular weight excluding hydrogens is 331 g/mol. The van der Waals surface area contributed by atoms with Gasteiger partial charge in [0.2, 0.25) is 0 Å². The summed E-state index contributed by atoms with van der Waals surface area (Å²) in [5.74, 6) is 0.899. The van der Waals surface area contributed by atoms with Crippen LogP contribution in [0.25, 0.3) is 0 Å². The van der Waals surface area contributed by atoms with Gasteiger partial charge in [0.15, 0.2) is 6.79 Å². The maximum atomic E-state index is 5.54. The molecule has 0 heterocycles. The van der Waals surface area contributed by atoms with Crippen molar-refractivity contribution in [2.75, 3.05) is 13.4 Å². The van der Waals surface area contributed by atoms with Crippen LogP contribution in [0.4, 0.5) is 0 Å². The van der Waals surface area contributed by atoms with Gasteiger partial charge in [0.25, 0.3) is 0 Å². The average Bonchev–Trinajstić information content (AvgIpc) is 2.18. The summed E-state index contributed by atoms with van der Waals surface area (Å²) >= 11 is 2.26. The Balaban J connectivity index is 2.19. The summed E-state index contributed by atoms with van der Waals surface area (Å²) in [6.45, 7) is 8.19. The van der Waals surface area contributed by atoms with Crippen molar-refractivity contribution >= 4 is 30.7 Å². The Bertz CT molecular complexity index is 323. The number of hydrogen-bond donors (Lipinski definition) is 0. The molecule has 1 aromatic carbocycles. The van der Waals surface area contributed by atoms with E-state index in [1.54, 1.807) is 0 Å². The lowest BCUT2D eigenvalue weighted by atomic mass is 10.3.